The number of hydrogen-bond donors (Lipinski definition) is 1. The molecule has 1 aliphatic carbocycles. The largest absolute Gasteiger partial charge is 0.468 e. The first-order valence-corrected chi connectivity index (χ1v) is 9.47. The lowest BCUT2D eigenvalue weighted by Crippen LogP contribution is -2.40. The van der Waals surface area contributed by atoms with Gasteiger partial charge >= 0.3 is 0 Å². The lowest BCUT2D eigenvalue weighted by molar-refractivity contribution is -0.128. The summed E-state index contributed by atoms with van der Waals surface area (Å²) >= 11 is -2.43. The van der Waals surface area contributed by atoms with Gasteiger partial charge in [-0.1, -0.05) is 6.08 Å². The number of rotatable bonds is 8. The van der Waals surface area contributed by atoms with E-state index < -0.39 is 23.1 Å². The Labute approximate surface area is 158 Å². The van der Waals surface area contributed by atoms with Gasteiger partial charge in [0.05, 0.1) is 24.0 Å². The van der Waals surface area contributed by atoms with Gasteiger partial charge in [0.2, 0.25) is 0 Å². The summed E-state index contributed by atoms with van der Waals surface area (Å²) in [6.45, 7) is 0.536. The van der Waals surface area contributed by atoms with Crippen LogP contribution in [0.25, 0.3) is 5.69 Å². The second kappa shape index (κ2) is 8.87. The molecule has 27 heavy (non-hydrogen) atoms. The highest BCUT2D eigenvalue weighted by Crippen LogP contribution is 2.33. The topological polar surface area (TPSA) is 97.5 Å². The maximum absolute atomic E-state index is 14.8. The van der Waals surface area contributed by atoms with Gasteiger partial charge in [-0.15, -0.1) is 0 Å². The number of carbonyl (C=O) groups excluding carboxylic acids is 1. The summed E-state index contributed by atoms with van der Waals surface area (Å²) in [5.74, 6) is -0.639. The van der Waals surface area contributed by atoms with Crippen molar-refractivity contribution in [2.24, 2.45) is 0 Å². The highest BCUT2D eigenvalue weighted by atomic mass is 32.2. The molecule has 0 fully saturated rings. The first kappa shape index (κ1) is 19.2. The van der Waals surface area contributed by atoms with Crippen LogP contribution in [-0.2, 0) is 20.8 Å². The fourth-order valence-corrected chi connectivity index (χ4v) is 3.98. The van der Waals surface area contributed by atoms with Gasteiger partial charge in [0.15, 0.2) is 0 Å². The molecule has 1 heterocycles. The predicted molar refractivity (Wildman–Crippen MR) is 96.9 cm³/mol. The minimum atomic E-state index is -2.43. The summed E-state index contributed by atoms with van der Waals surface area (Å²) in [5, 5.41) is 3.95. The fraction of sp³-hybridized carbons (Fsp3) is 0.353. The molecule has 10 heteroatoms. The number of halogens is 1. The monoisotopic (exact) mass is 394 g/mol. The van der Waals surface area contributed by atoms with Crippen molar-refractivity contribution in [1.29, 1.82) is 0 Å². The first-order chi connectivity index (χ1) is 13.1. The van der Waals surface area contributed by atoms with E-state index in [1.807, 2.05) is 6.08 Å². The highest BCUT2D eigenvalue weighted by molar-refractivity contribution is 7.80. The zero-order valence-electron chi connectivity index (χ0n) is 14.4. The molecule has 0 bridgehead atoms. The Balaban J connectivity index is 1.90. The van der Waals surface area contributed by atoms with E-state index in [-0.39, 0.29) is 12.3 Å². The van der Waals surface area contributed by atoms with E-state index >= 15 is 0 Å². The van der Waals surface area contributed by atoms with Gasteiger partial charge in [-0.2, -0.15) is 5.10 Å². The molecule has 2 unspecified atom stereocenters. The molecule has 2 aromatic rings. The van der Waals surface area contributed by atoms with Crippen molar-refractivity contribution >= 4 is 23.4 Å². The molecular formula is C17H19FN4O4S. The maximum atomic E-state index is 14.8. The average Bonchev–Trinajstić information content (AvgIpc) is 3.19. The number of allylic oxidation sites excluding steroid dienone is 1. The van der Waals surface area contributed by atoms with E-state index in [0.29, 0.717) is 25.0 Å². The molecule has 1 aromatic carbocycles. The Kier molecular flexibility index (Phi) is 6.30. The summed E-state index contributed by atoms with van der Waals surface area (Å²) in [5.41, 5.74) is 1.33. The van der Waals surface area contributed by atoms with Gasteiger partial charge in [-0.3, -0.25) is 13.7 Å². The Bertz CT molecular complexity index is 843. The van der Waals surface area contributed by atoms with E-state index in [9.17, 15) is 17.9 Å². The van der Waals surface area contributed by atoms with E-state index in [0.717, 1.165) is 22.7 Å². The molecule has 0 amide bonds. The van der Waals surface area contributed by atoms with Crippen molar-refractivity contribution in [2.75, 3.05) is 10.9 Å². The predicted octanol–water partition coefficient (Wildman–Crippen LogP) is 2.39. The smallest absolute Gasteiger partial charge is 0.293 e. The molecule has 3 rings (SSSR count). The number of ether oxygens (including phenoxy) is 1. The van der Waals surface area contributed by atoms with Crippen LogP contribution in [0.1, 0.15) is 25.7 Å². The van der Waals surface area contributed by atoms with Crippen molar-refractivity contribution < 1.29 is 22.7 Å². The third-order valence-electron chi connectivity index (χ3n) is 4.40. The van der Waals surface area contributed by atoms with Crippen LogP contribution in [0.4, 0.5) is 10.1 Å². The van der Waals surface area contributed by atoms with E-state index in [2.05, 4.69) is 10.1 Å². The second-order valence-electron chi connectivity index (χ2n) is 5.98. The number of benzene rings is 1. The summed E-state index contributed by atoms with van der Waals surface area (Å²) in [6.07, 6.45) is 7.40. The molecule has 8 nitrogen and oxygen atoms in total. The summed E-state index contributed by atoms with van der Waals surface area (Å²) in [6, 6.07) is 3.85. The highest BCUT2D eigenvalue weighted by Gasteiger charge is 2.30. The quantitative estimate of drug-likeness (QED) is 0.320. The summed E-state index contributed by atoms with van der Waals surface area (Å²) < 4.78 is 44.0. The molecule has 0 saturated heterocycles. The third kappa shape index (κ3) is 4.40. The van der Waals surface area contributed by atoms with Gasteiger partial charge in [0.1, 0.15) is 18.5 Å². The van der Waals surface area contributed by atoms with Gasteiger partial charge in [0, 0.05) is 12.5 Å². The van der Waals surface area contributed by atoms with Crippen LogP contribution in [0.3, 0.4) is 0 Å². The van der Waals surface area contributed by atoms with Gasteiger partial charge in [-0.25, -0.2) is 18.3 Å². The first-order valence-electron chi connectivity index (χ1n) is 8.40. The molecule has 2 atom stereocenters. The zero-order chi connectivity index (χ0) is 19.2. The number of carbonyl (C=O) groups is 1. The molecule has 0 spiro atoms. The second-order valence-corrected chi connectivity index (χ2v) is 6.83. The lowest BCUT2D eigenvalue weighted by atomic mass is 9.91. The van der Waals surface area contributed by atoms with Crippen LogP contribution >= 0.6 is 0 Å². The van der Waals surface area contributed by atoms with Crippen LogP contribution in [0.2, 0.25) is 0 Å². The van der Waals surface area contributed by atoms with Crippen LogP contribution in [-0.4, -0.2) is 42.6 Å². The normalized spacial score (nSPS) is 17.9. The standard InChI is InChI=1S/C17H19FN4O4S/c18-15-9-14(21-11-19-10-20-21)5-6-17(15)22(27(24)25)16-4-2-1-3-13(16)7-8-26-12-23/h3,5-6,9-12,16H,1-2,4,7-8H2,(H,24,25). The number of aromatic nitrogens is 3. The zero-order valence-corrected chi connectivity index (χ0v) is 15.2. The molecule has 144 valence electrons. The van der Waals surface area contributed by atoms with E-state index in [1.54, 1.807) is 6.07 Å². The molecule has 1 aliphatic rings. The van der Waals surface area contributed by atoms with Gasteiger partial charge in [-0.05, 0) is 37.0 Å². The number of hydrogen-bond acceptors (Lipinski definition) is 5. The van der Waals surface area contributed by atoms with Crippen molar-refractivity contribution in [3.8, 4) is 5.69 Å². The summed E-state index contributed by atoms with van der Waals surface area (Å²) in [7, 11) is 0. The molecule has 1 N–H and O–H groups in total. The molecule has 0 aliphatic heterocycles. The number of anilines is 1. The summed E-state index contributed by atoms with van der Waals surface area (Å²) in [4.78, 5) is 14.2. The average molecular weight is 394 g/mol. The van der Waals surface area contributed by atoms with Crippen LogP contribution in [0.15, 0.2) is 42.5 Å². The molecule has 0 saturated carbocycles. The van der Waals surface area contributed by atoms with E-state index in [1.165, 1.54) is 29.5 Å². The van der Waals surface area contributed by atoms with Crippen LogP contribution in [0.5, 0.6) is 0 Å². The van der Waals surface area contributed by atoms with Crippen molar-refractivity contribution in [2.45, 2.75) is 31.7 Å². The molecule has 0 radical (unpaired) electrons. The lowest BCUT2D eigenvalue weighted by Gasteiger charge is -2.34. The molecule has 1 aromatic heterocycles. The van der Waals surface area contributed by atoms with Crippen LogP contribution < -0.4 is 4.31 Å². The van der Waals surface area contributed by atoms with Crippen molar-refractivity contribution in [3.63, 3.8) is 0 Å². The fourth-order valence-electron chi connectivity index (χ4n) is 3.20. The maximum Gasteiger partial charge on any atom is 0.293 e. The minimum Gasteiger partial charge on any atom is -0.468 e. The van der Waals surface area contributed by atoms with E-state index in [4.69, 9.17) is 4.74 Å². The van der Waals surface area contributed by atoms with Crippen LogP contribution in [0, 0.1) is 5.82 Å². The Hall–Kier alpha value is -2.59. The Morgan fingerprint density at radius 1 is 1.48 bits per heavy atom. The minimum absolute atomic E-state index is 0.0220. The van der Waals surface area contributed by atoms with Crippen molar-refractivity contribution in [1.82, 2.24) is 14.8 Å². The van der Waals surface area contributed by atoms with Crippen molar-refractivity contribution in [3.05, 3.63) is 48.3 Å². The van der Waals surface area contributed by atoms with Gasteiger partial charge < -0.3 is 4.74 Å². The SMILES string of the molecule is O=COCCC1=CCCCC1N(c1ccc(-n2cncn2)cc1F)S(=O)O. The van der Waals surface area contributed by atoms with Gasteiger partial charge in [0.25, 0.3) is 17.7 Å². The third-order valence-corrected chi connectivity index (χ3v) is 5.18. The molecular weight excluding hydrogens is 375 g/mol. The Morgan fingerprint density at radius 2 is 2.33 bits per heavy atom. The number of nitrogens with zero attached hydrogens (tertiary/aromatic N) is 4. The Morgan fingerprint density at radius 3 is 3.00 bits per heavy atom.